The molecule has 1 rings (SSSR count). The van der Waals surface area contributed by atoms with Crippen LogP contribution < -0.4 is 5.43 Å². The monoisotopic (exact) mass is 280 g/mol. The van der Waals surface area contributed by atoms with Gasteiger partial charge in [-0.05, 0) is 18.6 Å². The highest BCUT2D eigenvalue weighted by Crippen LogP contribution is 2.28. The Bertz CT molecular complexity index is 556. The molecule has 0 aromatic heterocycles. The summed E-state index contributed by atoms with van der Waals surface area (Å²) in [5.41, 5.74) is 1.68. The van der Waals surface area contributed by atoms with E-state index >= 15 is 0 Å². The first-order chi connectivity index (χ1) is 9.56. The number of nitrogens with zero attached hydrogens (tertiary/aromatic N) is 3. The van der Waals surface area contributed by atoms with E-state index in [1.807, 2.05) is 0 Å². The summed E-state index contributed by atoms with van der Waals surface area (Å²) in [6.07, 6.45) is 5.04. The van der Waals surface area contributed by atoms with Crippen molar-refractivity contribution in [2.75, 3.05) is 12.0 Å². The zero-order valence-electron chi connectivity index (χ0n) is 10.3. The van der Waals surface area contributed by atoms with Crippen molar-refractivity contribution in [3.05, 3.63) is 50.6 Å². The van der Waals surface area contributed by atoms with Gasteiger partial charge in [0.1, 0.15) is 5.69 Å². The minimum atomic E-state index is -0.730. The van der Waals surface area contributed by atoms with E-state index in [-0.39, 0.29) is 18.0 Å². The molecule has 0 bridgehead atoms. The average Bonchev–Trinajstić information content (AvgIpc) is 2.42. The van der Waals surface area contributed by atoms with Gasteiger partial charge in [-0.15, -0.1) is 0 Å². The van der Waals surface area contributed by atoms with E-state index in [1.54, 1.807) is 12.2 Å². The van der Waals surface area contributed by atoms with Gasteiger partial charge in [-0.3, -0.25) is 25.7 Å². The Labute approximate surface area is 113 Å². The van der Waals surface area contributed by atoms with Crippen molar-refractivity contribution in [1.82, 2.24) is 0 Å². The summed E-state index contributed by atoms with van der Waals surface area (Å²) in [7, 11) is 0. The molecule has 9 nitrogen and oxygen atoms in total. The largest absolute Gasteiger partial charge is 0.396 e. The summed E-state index contributed by atoms with van der Waals surface area (Å²) in [6.45, 7) is 0.0194. The number of nitro groups is 2. The SMILES string of the molecule is O=[N+]([O-])c1ccc(N/N=C\C=C\CCO)c([N+](=O)[O-])c1. The van der Waals surface area contributed by atoms with Crippen LogP contribution in [0, 0.1) is 20.2 Å². The average molecular weight is 280 g/mol. The third-order valence-electron chi connectivity index (χ3n) is 2.17. The molecule has 9 heteroatoms. The quantitative estimate of drug-likeness (QED) is 0.445. The minimum Gasteiger partial charge on any atom is -0.396 e. The van der Waals surface area contributed by atoms with Crippen molar-refractivity contribution in [3.8, 4) is 0 Å². The van der Waals surface area contributed by atoms with E-state index in [2.05, 4.69) is 10.5 Å². The van der Waals surface area contributed by atoms with Gasteiger partial charge >= 0.3 is 5.69 Å². The molecule has 20 heavy (non-hydrogen) atoms. The van der Waals surface area contributed by atoms with Crippen LogP contribution in [-0.4, -0.2) is 27.8 Å². The Morgan fingerprint density at radius 2 is 2.05 bits per heavy atom. The molecule has 0 aliphatic carbocycles. The smallest absolute Gasteiger partial charge is 0.301 e. The van der Waals surface area contributed by atoms with Gasteiger partial charge in [0, 0.05) is 18.9 Å². The first-order valence-electron chi connectivity index (χ1n) is 5.54. The molecule has 106 valence electrons. The van der Waals surface area contributed by atoms with Crippen molar-refractivity contribution in [3.63, 3.8) is 0 Å². The second-order valence-corrected chi connectivity index (χ2v) is 3.55. The fourth-order valence-corrected chi connectivity index (χ4v) is 1.26. The maximum absolute atomic E-state index is 10.8. The van der Waals surface area contributed by atoms with Crippen molar-refractivity contribution in [2.45, 2.75) is 6.42 Å². The molecular formula is C11H12N4O5. The van der Waals surface area contributed by atoms with Crippen LogP contribution in [0.5, 0.6) is 0 Å². The number of aliphatic hydroxyl groups is 1. The first kappa shape index (κ1) is 15.2. The number of non-ortho nitro benzene ring substituents is 1. The van der Waals surface area contributed by atoms with Crippen LogP contribution in [-0.2, 0) is 0 Å². The van der Waals surface area contributed by atoms with Gasteiger partial charge in [-0.2, -0.15) is 5.10 Å². The maximum atomic E-state index is 10.8. The zero-order valence-corrected chi connectivity index (χ0v) is 10.3. The Morgan fingerprint density at radius 3 is 2.65 bits per heavy atom. The number of allylic oxidation sites excluding steroid dienone is 1. The van der Waals surface area contributed by atoms with Crippen molar-refractivity contribution in [2.24, 2.45) is 5.10 Å². The molecular weight excluding hydrogens is 268 g/mol. The zero-order chi connectivity index (χ0) is 15.0. The van der Waals surface area contributed by atoms with E-state index in [9.17, 15) is 20.2 Å². The predicted octanol–water partition coefficient (Wildman–Crippen LogP) is 1.84. The highest BCUT2D eigenvalue weighted by molar-refractivity contribution is 5.73. The number of nitrogens with one attached hydrogen (secondary N) is 1. The van der Waals surface area contributed by atoms with Gasteiger partial charge < -0.3 is 5.11 Å². The Kier molecular flexibility index (Phi) is 5.78. The molecule has 0 unspecified atom stereocenters. The van der Waals surface area contributed by atoms with Crippen LogP contribution in [0.25, 0.3) is 0 Å². The predicted molar refractivity (Wildman–Crippen MR) is 72.7 cm³/mol. The highest BCUT2D eigenvalue weighted by atomic mass is 16.6. The van der Waals surface area contributed by atoms with Gasteiger partial charge in [0.05, 0.1) is 15.9 Å². The summed E-state index contributed by atoms with van der Waals surface area (Å²) >= 11 is 0. The fraction of sp³-hybridized carbons (Fsp3) is 0.182. The van der Waals surface area contributed by atoms with Gasteiger partial charge in [0.25, 0.3) is 5.69 Å². The molecule has 2 N–H and O–H groups in total. The first-order valence-corrected chi connectivity index (χ1v) is 5.54. The summed E-state index contributed by atoms with van der Waals surface area (Å²) in [5, 5.41) is 33.6. The molecule has 0 atom stereocenters. The number of hydrogen-bond donors (Lipinski definition) is 2. The summed E-state index contributed by atoms with van der Waals surface area (Å²) in [5.74, 6) is 0. The lowest BCUT2D eigenvalue weighted by molar-refractivity contribution is -0.393. The molecule has 1 aromatic rings. The van der Waals surface area contributed by atoms with Crippen molar-refractivity contribution >= 4 is 23.3 Å². The number of nitro benzene ring substituents is 2. The molecule has 1 aromatic carbocycles. The molecule has 0 saturated carbocycles. The number of benzene rings is 1. The fourth-order valence-electron chi connectivity index (χ4n) is 1.26. The van der Waals surface area contributed by atoms with Crippen LogP contribution in [0.3, 0.4) is 0 Å². The van der Waals surface area contributed by atoms with Crippen LogP contribution in [0.15, 0.2) is 35.5 Å². The minimum absolute atomic E-state index is 0.0194. The molecule has 0 spiro atoms. The van der Waals surface area contributed by atoms with Crippen LogP contribution in [0.4, 0.5) is 17.1 Å². The molecule has 0 aliphatic heterocycles. The van der Waals surface area contributed by atoms with E-state index in [0.717, 1.165) is 12.1 Å². The van der Waals surface area contributed by atoms with Crippen molar-refractivity contribution < 1.29 is 15.0 Å². The van der Waals surface area contributed by atoms with Crippen molar-refractivity contribution in [1.29, 1.82) is 0 Å². The highest BCUT2D eigenvalue weighted by Gasteiger charge is 2.18. The second-order valence-electron chi connectivity index (χ2n) is 3.55. The normalized spacial score (nSPS) is 11.1. The standard InChI is InChI=1S/C11H12N4O5/c16-7-3-1-2-6-12-13-10-5-4-9(14(17)18)8-11(10)15(19)20/h1-2,4-6,8,13,16H,3,7H2/b2-1+,12-6-. The Balaban J connectivity index is 2.84. The molecule has 0 heterocycles. The molecule has 0 aliphatic rings. The van der Waals surface area contributed by atoms with Gasteiger partial charge in [-0.1, -0.05) is 6.08 Å². The Morgan fingerprint density at radius 1 is 1.30 bits per heavy atom. The number of aliphatic hydroxyl groups excluding tert-OH is 1. The third-order valence-corrected chi connectivity index (χ3v) is 2.17. The van der Waals surface area contributed by atoms with Gasteiger partial charge in [0.2, 0.25) is 0 Å². The Hall–Kier alpha value is -2.81. The topological polar surface area (TPSA) is 131 Å². The van der Waals surface area contributed by atoms with Crippen LogP contribution in [0.2, 0.25) is 0 Å². The molecule has 0 saturated heterocycles. The lowest BCUT2D eigenvalue weighted by Crippen LogP contribution is -1.98. The third kappa shape index (κ3) is 4.46. The van der Waals surface area contributed by atoms with E-state index in [4.69, 9.17) is 5.11 Å². The number of hydrogen-bond acceptors (Lipinski definition) is 7. The summed E-state index contributed by atoms with van der Waals surface area (Å²) in [4.78, 5) is 19.9. The summed E-state index contributed by atoms with van der Waals surface area (Å²) < 4.78 is 0. The van der Waals surface area contributed by atoms with Gasteiger partial charge in [0.15, 0.2) is 0 Å². The lowest BCUT2D eigenvalue weighted by Gasteiger charge is -2.01. The maximum Gasteiger partial charge on any atom is 0.301 e. The summed E-state index contributed by atoms with van der Waals surface area (Å²) in [6, 6.07) is 3.22. The van der Waals surface area contributed by atoms with E-state index in [1.165, 1.54) is 12.3 Å². The van der Waals surface area contributed by atoms with E-state index in [0.29, 0.717) is 6.42 Å². The molecule has 0 fully saturated rings. The lowest BCUT2D eigenvalue weighted by atomic mass is 10.2. The number of anilines is 1. The number of rotatable bonds is 7. The second kappa shape index (κ2) is 7.59. The molecule has 0 radical (unpaired) electrons. The van der Waals surface area contributed by atoms with Crippen LogP contribution in [0.1, 0.15) is 6.42 Å². The molecule has 0 amide bonds. The van der Waals surface area contributed by atoms with E-state index < -0.39 is 15.5 Å². The van der Waals surface area contributed by atoms with Gasteiger partial charge in [-0.25, -0.2) is 0 Å². The number of hydrazone groups is 1. The van der Waals surface area contributed by atoms with Crippen LogP contribution >= 0.6 is 0 Å².